The Bertz CT molecular complexity index is 567. The first-order valence-corrected chi connectivity index (χ1v) is 8.15. The lowest BCUT2D eigenvalue weighted by molar-refractivity contribution is -0.123. The Balaban J connectivity index is 1.64. The Morgan fingerprint density at radius 3 is 2.50 bits per heavy atom. The van der Waals surface area contributed by atoms with Crippen molar-refractivity contribution in [3.05, 3.63) is 29.8 Å². The zero-order valence-electron chi connectivity index (χ0n) is 13.4. The molecule has 3 rings (SSSR count). The van der Waals surface area contributed by atoms with Gasteiger partial charge in [-0.3, -0.25) is 14.5 Å². The van der Waals surface area contributed by atoms with E-state index in [1.807, 2.05) is 12.1 Å². The number of hydrogen-bond acceptors (Lipinski definition) is 3. The second-order valence-electron chi connectivity index (χ2n) is 6.81. The fraction of sp³-hybridized carbons (Fsp3) is 0.556. The first kappa shape index (κ1) is 15.2. The van der Waals surface area contributed by atoms with Crippen LogP contribution in [0, 0.1) is 11.8 Å². The van der Waals surface area contributed by atoms with E-state index in [1.165, 1.54) is 25.1 Å². The summed E-state index contributed by atoms with van der Waals surface area (Å²) < 4.78 is 0. The molecule has 1 aromatic carbocycles. The lowest BCUT2D eigenvalue weighted by atomic mass is 10.1. The lowest BCUT2D eigenvalue weighted by Gasteiger charge is -2.18. The molecular formula is C18H24N2O2. The number of anilines is 1. The van der Waals surface area contributed by atoms with E-state index in [4.69, 9.17) is 0 Å². The molecule has 0 radical (unpaired) electrons. The summed E-state index contributed by atoms with van der Waals surface area (Å²) in [6.07, 6.45) is 1.63. The molecule has 1 amide bonds. The van der Waals surface area contributed by atoms with E-state index >= 15 is 0 Å². The third kappa shape index (κ3) is 3.22. The molecule has 118 valence electrons. The second kappa shape index (κ2) is 6.21. The number of Topliss-reactive ketones (excluding diaryl/α,β-unsaturated/α-hetero) is 1. The van der Waals surface area contributed by atoms with Gasteiger partial charge < -0.3 is 4.90 Å². The van der Waals surface area contributed by atoms with Crippen LogP contribution in [0.15, 0.2) is 24.3 Å². The molecule has 2 atom stereocenters. The largest absolute Gasteiger partial charge is 0.312 e. The van der Waals surface area contributed by atoms with Crippen LogP contribution in [-0.2, 0) is 16.1 Å². The monoisotopic (exact) mass is 300 g/mol. The summed E-state index contributed by atoms with van der Waals surface area (Å²) in [5.41, 5.74) is 2.19. The minimum absolute atomic E-state index is 0.0568. The van der Waals surface area contributed by atoms with E-state index in [-0.39, 0.29) is 17.6 Å². The van der Waals surface area contributed by atoms with Crippen LogP contribution in [-0.4, -0.2) is 36.2 Å². The maximum absolute atomic E-state index is 12.1. The molecule has 22 heavy (non-hydrogen) atoms. The maximum Gasteiger partial charge on any atom is 0.227 e. The molecule has 0 N–H and O–H groups in total. The van der Waals surface area contributed by atoms with Crippen molar-refractivity contribution in [3.8, 4) is 0 Å². The van der Waals surface area contributed by atoms with E-state index in [0.29, 0.717) is 13.0 Å². The predicted molar refractivity (Wildman–Crippen MR) is 86.6 cm³/mol. The van der Waals surface area contributed by atoms with Crippen LogP contribution in [0.25, 0.3) is 0 Å². The molecule has 2 aliphatic heterocycles. The molecule has 0 spiro atoms. The number of likely N-dealkylation sites (tertiary alicyclic amines) is 1. The third-order valence-electron chi connectivity index (χ3n) is 4.86. The first-order valence-electron chi connectivity index (χ1n) is 8.15. The molecule has 0 aromatic heterocycles. The lowest BCUT2D eigenvalue weighted by Crippen LogP contribution is -2.25. The molecule has 2 saturated heterocycles. The molecule has 2 fully saturated rings. The van der Waals surface area contributed by atoms with Crippen LogP contribution in [0.3, 0.4) is 0 Å². The zero-order chi connectivity index (χ0) is 15.7. The number of hydrogen-bond donors (Lipinski definition) is 0. The van der Waals surface area contributed by atoms with Crippen LogP contribution >= 0.6 is 0 Å². The minimum Gasteiger partial charge on any atom is -0.312 e. The summed E-state index contributed by atoms with van der Waals surface area (Å²) >= 11 is 0. The number of carbonyl (C=O) groups excluding carboxylic acids is 2. The van der Waals surface area contributed by atoms with Crippen molar-refractivity contribution in [1.29, 1.82) is 0 Å². The van der Waals surface area contributed by atoms with Gasteiger partial charge in [0, 0.05) is 37.7 Å². The number of amides is 1. The van der Waals surface area contributed by atoms with Crippen molar-refractivity contribution in [2.75, 3.05) is 24.5 Å². The first-order chi connectivity index (χ1) is 10.5. The summed E-state index contributed by atoms with van der Waals surface area (Å²) in [6, 6.07) is 8.23. The summed E-state index contributed by atoms with van der Waals surface area (Å²) in [5.74, 6) is 0.820. The highest BCUT2D eigenvalue weighted by Crippen LogP contribution is 2.26. The number of ketones is 1. The van der Waals surface area contributed by atoms with Crippen molar-refractivity contribution in [2.24, 2.45) is 11.8 Å². The normalized spacial score (nSPS) is 25.9. The van der Waals surface area contributed by atoms with E-state index in [1.54, 1.807) is 11.8 Å². The Morgan fingerprint density at radius 2 is 1.95 bits per heavy atom. The van der Waals surface area contributed by atoms with Crippen molar-refractivity contribution in [3.63, 3.8) is 0 Å². The van der Waals surface area contributed by atoms with Crippen molar-refractivity contribution < 1.29 is 9.59 Å². The predicted octanol–water partition coefficient (Wildman–Crippen LogP) is 2.47. The van der Waals surface area contributed by atoms with Crippen LogP contribution < -0.4 is 4.90 Å². The number of benzene rings is 1. The van der Waals surface area contributed by atoms with Crippen molar-refractivity contribution in [1.82, 2.24) is 4.90 Å². The maximum atomic E-state index is 12.1. The smallest absolute Gasteiger partial charge is 0.227 e. The zero-order valence-corrected chi connectivity index (χ0v) is 13.4. The average Bonchev–Trinajstić information content (AvgIpc) is 3.06. The van der Waals surface area contributed by atoms with Gasteiger partial charge in [-0.2, -0.15) is 0 Å². The van der Waals surface area contributed by atoms with Gasteiger partial charge in [0.2, 0.25) is 5.91 Å². The fourth-order valence-corrected chi connectivity index (χ4v) is 3.44. The Kier molecular flexibility index (Phi) is 4.30. The summed E-state index contributed by atoms with van der Waals surface area (Å²) in [4.78, 5) is 27.7. The van der Waals surface area contributed by atoms with Gasteiger partial charge >= 0.3 is 0 Å². The van der Waals surface area contributed by atoms with E-state index in [0.717, 1.165) is 18.2 Å². The molecule has 2 heterocycles. The average molecular weight is 300 g/mol. The Labute approximate surface area is 132 Å². The number of nitrogens with zero attached hydrogens (tertiary/aromatic N) is 2. The summed E-state index contributed by atoms with van der Waals surface area (Å²) in [7, 11) is 0. The van der Waals surface area contributed by atoms with Gasteiger partial charge in [0.1, 0.15) is 5.78 Å². The molecule has 2 aliphatic rings. The molecule has 0 aliphatic carbocycles. The van der Waals surface area contributed by atoms with E-state index in [9.17, 15) is 9.59 Å². The van der Waals surface area contributed by atoms with Gasteiger partial charge in [0.15, 0.2) is 0 Å². The summed E-state index contributed by atoms with van der Waals surface area (Å²) in [6.45, 7) is 7.72. The van der Waals surface area contributed by atoms with Gasteiger partial charge in [-0.15, -0.1) is 0 Å². The highest BCUT2D eigenvalue weighted by atomic mass is 16.2. The van der Waals surface area contributed by atoms with Gasteiger partial charge in [-0.1, -0.05) is 19.1 Å². The topological polar surface area (TPSA) is 40.6 Å². The van der Waals surface area contributed by atoms with Crippen LogP contribution in [0.5, 0.6) is 0 Å². The molecule has 1 aromatic rings. The third-order valence-corrected chi connectivity index (χ3v) is 4.86. The van der Waals surface area contributed by atoms with Gasteiger partial charge in [-0.05, 0) is 43.5 Å². The Morgan fingerprint density at radius 1 is 1.23 bits per heavy atom. The highest BCUT2D eigenvalue weighted by Gasteiger charge is 2.33. The van der Waals surface area contributed by atoms with E-state index in [2.05, 4.69) is 24.0 Å². The molecule has 2 unspecified atom stereocenters. The minimum atomic E-state index is -0.140. The van der Waals surface area contributed by atoms with Gasteiger partial charge in [-0.25, -0.2) is 0 Å². The van der Waals surface area contributed by atoms with Gasteiger partial charge in [0.05, 0.1) is 0 Å². The standard InChI is InChI=1S/C18H24N2O2/c1-13-7-8-19(10-13)11-15-3-5-17(6-4-15)20-12-16(14(2)21)9-18(20)22/h3-6,13,16H,7-12H2,1-2H3. The molecule has 4 nitrogen and oxygen atoms in total. The van der Waals surface area contributed by atoms with Crippen LogP contribution in [0.4, 0.5) is 5.69 Å². The van der Waals surface area contributed by atoms with Crippen molar-refractivity contribution >= 4 is 17.4 Å². The second-order valence-corrected chi connectivity index (χ2v) is 6.81. The molecule has 4 heteroatoms. The quantitative estimate of drug-likeness (QED) is 0.857. The number of rotatable bonds is 4. The highest BCUT2D eigenvalue weighted by molar-refractivity contribution is 6.00. The van der Waals surface area contributed by atoms with E-state index < -0.39 is 0 Å². The Hall–Kier alpha value is -1.68. The van der Waals surface area contributed by atoms with Gasteiger partial charge in [0.25, 0.3) is 0 Å². The fourth-order valence-electron chi connectivity index (χ4n) is 3.44. The molecular weight excluding hydrogens is 276 g/mol. The van der Waals surface area contributed by atoms with Crippen molar-refractivity contribution in [2.45, 2.75) is 33.2 Å². The van der Waals surface area contributed by atoms with Crippen LogP contribution in [0.1, 0.15) is 32.3 Å². The molecule has 0 bridgehead atoms. The van der Waals surface area contributed by atoms with Crippen LogP contribution in [0.2, 0.25) is 0 Å². The SMILES string of the molecule is CC(=O)C1CC(=O)N(c2ccc(CN3CCC(C)C3)cc2)C1. The molecule has 0 saturated carbocycles. The summed E-state index contributed by atoms with van der Waals surface area (Å²) in [5, 5.41) is 0. The number of carbonyl (C=O) groups is 2.